The number of H-pyrrole nitrogens is 1. The number of benzene rings is 1. The molecule has 1 saturated carbocycles. The second kappa shape index (κ2) is 5.94. The summed E-state index contributed by atoms with van der Waals surface area (Å²) in [6.07, 6.45) is 1.44. The van der Waals surface area contributed by atoms with Crippen LogP contribution >= 0.6 is 0 Å². The van der Waals surface area contributed by atoms with Gasteiger partial charge in [-0.15, -0.1) is 0 Å². The molecule has 1 aromatic carbocycles. The number of aliphatic hydroxyl groups excluding tert-OH is 1. The molecule has 1 amide bonds. The number of hydrogen-bond acceptors (Lipinski definition) is 4. The highest BCUT2D eigenvalue weighted by Gasteiger charge is 2.39. The molecule has 23 heavy (non-hydrogen) atoms. The third kappa shape index (κ3) is 2.84. The number of aliphatic hydroxyl groups is 1. The molecule has 0 radical (unpaired) electrons. The maximum Gasteiger partial charge on any atom is 0.226 e. The lowest BCUT2D eigenvalue weighted by molar-refractivity contribution is -0.122. The van der Waals surface area contributed by atoms with Crippen LogP contribution in [0.4, 0.5) is 0 Å². The average Bonchev–Trinajstić information content (AvgIpc) is 3.15. The van der Waals surface area contributed by atoms with E-state index < -0.39 is 6.10 Å². The molecular formula is C17H22N4O2. The van der Waals surface area contributed by atoms with Crippen molar-refractivity contribution in [3.8, 4) is 0 Å². The molecule has 6 heteroatoms. The molecule has 0 bridgehead atoms. The van der Waals surface area contributed by atoms with Crippen LogP contribution in [0, 0.1) is 11.8 Å². The number of fused-ring (bicyclic) bond motifs is 2. The van der Waals surface area contributed by atoms with Crippen molar-refractivity contribution < 1.29 is 9.90 Å². The molecule has 2 fully saturated rings. The summed E-state index contributed by atoms with van der Waals surface area (Å²) in [7, 11) is 0. The molecule has 122 valence electrons. The number of hydrogen-bond donors (Lipinski definition) is 4. The first-order chi connectivity index (χ1) is 11.2. The van der Waals surface area contributed by atoms with E-state index in [1.165, 1.54) is 0 Å². The molecule has 6 nitrogen and oxygen atoms in total. The number of para-hydroxylation sites is 1. The number of nitrogens with zero attached hydrogens (tertiary/aromatic N) is 1. The standard InChI is InChI=1S/C17H22N4O2/c22-16-6-11-9-18-8-10(11)5-15(16)19-17(23)7-14-12-3-1-2-4-13(12)20-21-14/h1-4,10-11,15-16,18,22H,5-9H2,(H,19,23)(H,20,21)/t10-,11+,15-,16-/m0/s1. The van der Waals surface area contributed by atoms with E-state index in [0.717, 1.165) is 42.5 Å². The smallest absolute Gasteiger partial charge is 0.226 e. The number of nitrogens with one attached hydrogen (secondary N) is 3. The SMILES string of the molecule is O=C(Cc1[nH]nc2ccccc12)N[C@H]1C[C@H]2CNC[C@H]2C[C@@H]1O. The van der Waals surface area contributed by atoms with E-state index in [4.69, 9.17) is 0 Å². The van der Waals surface area contributed by atoms with Gasteiger partial charge in [0.15, 0.2) is 0 Å². The van der Waals surface area contributed by atoms with Gasteiger partial charge in [-0.3, -0.25) is 9.89 Å². The Bertz CT molecular complexity index is 713. The summed E-state index contributed by atoms with van der Waals surface area (Å²) in [5.74, 6) is 1.05. The van der Waals surface area contributed by atoms with Crippen LogP contribution in [0.25, 0.3) is 10.9 Å². The number of carbonyl (C=O) groups is 1. The van der Waals surface area contributed by atoms with Gasteiger partial charge in [0.25, 0.3) is 0 Å². The van der Waals surface area contributed by atoms with Crippen molar-refractivity contribution in [2.75, 3.05) is 13.1 Å². The highest BCUT2D eigenvalue weighted by molar-refractivity contribution is 5.87. The van der Waals surface area contributed by atoms with E-state index >= 15 is 0 Å². The average molecular weight is 314 g/mol. The summed E-state index contributed by atoms with van der Waals surface area (Å²) in [5.41, 5.74) is 1.69. The van der Waals surface area contributed by atoms with Crippen molar-refractivity contribution in [3.05, 3.63) is 30.0 Å². The van der Waals surface area contributed by atoms with Gasteiger partial charge in [0, 0.05) is 5.39 Å². The molecule has 2 aromatic rings. The number of carbonyl (C=O) groups excluding carboxylic acids is 1. The Labute approximate surface area is 134 Å². The number of aromatic nitrogens is 2. The Morgan fingerprint density at radius 2 is 2.04 bits per heavy atom. The lowest BCUT2D eigenvalue weighted by Gasteiger charge is -2.35. The summed E-state index contributed by atoms with van der Waals surface area (Å²) in [6, 6.07) is 7.61. The van der Waals surface area contributed by atoms with Crippen molar-refractivity contribution in [3.63, 3.8) is 0 Å². The van der Waals surface area contributed by atoms with E-state index in [2.05, 4.69) is 20.8 Å². The summed E-state index contributed by atoms with van der Waals surface area (Å²) in [5, 5.41) is 24.8. The molecule has 4 rings (SSSR count). The van der Waals surface area contributed by atoms with Gasteiger partial charge in [0.05, 0.1) is 29.8 Å². The van der Waals surface area contributed by atoms with E-state index in [1.807, 2.05) is 24.3 Å². The molecule has 2 heterocycles. The highest BCUT2D eigenvalue weighted by Crippen LogP contribution is 2.32. The molecule has 0 spiro atoms. The second-order valence-corrected chi connectivity index (χ2v) is 6.79. The molecule has 1 aliphatic heterocycles. The van der Waals surface area contributed by atoms with Crippen LogP contribution in [0.15, 0.2) is 24.3 Å². The summed E-state index contributed by atoms with van der Waals surface area (Å²) >= 11 is 0. The van der Waals surface area contributed by atoms with Gasteiger partial charge < -0.3 is 15.7 Å². The Balaban J connectivity index is 1.41. The third-order valence-electron chi connectivity index (χ3n) is 5.27. The van der Waals surface area contributed by atoms with Crippen LogP contribution in [0.1, 0.15) is 18.5 Å². The largest absolute Gasteiger partial charge is 0.391 e. The molecular weight excluding hydrogens is 292 g/mol. The van der Waals surface area contributed by atoms with Gasteiger partial charge in [0.1, 0.15) is 0 Å². The van der Waals surface area contributed by atoms with Crippen molar-refractivity contribution in [2.45, 2.75) is 31.4 Å². The number of amides is 1. The molecule has 1 saturated heterocycles. The maximum absolute atomic E-state index is 12.4. The molecule has 4 atom stereocenters. The summed E-state index contributed by atoms with van der Waals surface area (Å²) < 4.78 is 0. The highest BCUT2D eigenvalue weighted by atomic mass is 16.3. The van der Waals surface area contributed by atoms with Crippen LogP contribution < -0.4 is 10.6 Å². The van der Waals surface area contributed by atoms with Gasteiger partial charge in [-0.1, -0.05) is 18.2 Å². The predicted molar refractivity (Wildman–Crippen MR) is 86.8 cm³/mol. The first kappa shape index (κ1) is 14.7. The van der Waals surface area contributed by atoms with E-state index in [9.17, 15) is 9.90 Å². The van der Waals surface area contributed by atoms with Crippen LogP contribution in [-0.4, -0.2) is 46.4 Å². The normalized spacial score (nSPS) is 30.3. The van der Waals surface area contributed by atoms with Gasteiger partial charge in [0.2, 0.25) is 5.91 Å². The van der Waals surface area contributed by atoms with E-state index in [1.54, 1.807) is 0 Å². The monoisotopic (exact) mass is 314 g/mol. The minimum atomic E-state index is -0.446. The minimum absolute atomic E-state index is 0.0622. The van der Waals surface area contributed by atoms with Crippen LogP contribution in [-0.2, 0) is 11.2 Å². The van der Waals surface area contributed by atoms with Crippen molar-refractivity contribution in [1.82, 2.24) is 20.8 Å². The van der Waals surface area contributed by atoms with Crippen molar-refractivity contribution >= 4 is 16.8 Å². The number of rotatable bonds is 3. The molecule has 2 aliphatic rings. The lowest BCUT2D eigenvalue weighted by Crippen LogP contribution is -2.49. The Morgan fingerprint density at radius 1 is 1.26 bits per heavy atom. The zero-order valence-electron chi connectivity index (χ0n) is 13.0. The zero-order valence-corrected chi connectivity index (χ0v) is 13.0. The van der Waals surface area contributed by atoms with Gasteiger partial charge >= 0.3 is 0 Å². The fraction of sp³-hybridized carbons (Fsp3) is 0.529. The molecule has 4 N–H and O–H groups in total. The Morgan fingerprint density at radius 3 is 2.91 bits per heavy atom. The summed E-state index contributed by atoms with van der Waals surface area (Å²) in [6.45, 7) is 1.98. The number of aromatic amines is 1. The third-order valence-corrected chi connectivity index (χ3v) is 5.27. The fourth-order valence-corrected chi connectivity index (χ4v) is 4.02. The van der Waals surface area contributed by atoms with Gasteiger partial charge in [-0.25, -0.2) is 0 Å². The Kier molecular flexibility index (Phi) is 3.79. The van der Waals surface area contributed by atoms with Crippen LogP contribution in [0.5, 0.6) is 0 Å². The van der Waals surface area contributed by atoms with Crippen LogP contribution in [0.3, 0.4) is 0 Å². The first-order valence-corrected chi connectivity index (χ1v) is 8.31. The van der Waals surface area contributed by atoms with Crippen molar-refractivity contribution in [2.24, 2.45) is 11.8 Å². The quantitative estimate of drug-likeness (QED) is 0.667. The predicted octanol–water partition coefficient (Wildman–Crippen LogP) is 0.580. The molecule has 1 aromatic heterocycles. The summed E-state index contributed by atoms with van der Waals surface area (Å²) in [4.78, 5) is 12.4. The topological polar surface area (TPSA) is 90.0 Å². The fourth-order valence-electron chi connectivity index (χ4n) is 4.02. The van der Waals surface area contributed by atoms with Gasteiger partial charge in [-0.2, -0.15) is 5.10 Å². The maximum atomic E-state index is 12.4. The lowest BCUT2D eigenvalue weighted by atomic mass is 9.77. The zero-order chi connectivity index (χ0) is 15.8. The molecule has 0 unspecified atom stereocenters. The first-order valence-electron chi connectivity index (χ1n) is 8.31. The second-order valence-electron chi connectivity index (χ2n) is 6.79. The van der Waals surface area contributed by atoms with Gasteiger partial charge in [-0.05, 0) is 43.8 Å². The van der Waals surface area contributed by atoms with Crippen molar-refractivity contribution in [1.29, 1.82) is 0 Å². The van der Waals surface area contributed by atoms with Crippen LogP contribution in [0.2, 0.25) is 0 Å². The van der Waals surface area contributed by atoms with E-state index in [-0.39, 0.29) is 18.4 Å². The molecule has 1 aliphatic carbocycles. The Hall–Kier alpha value is -1.92. The minimum Gasteiger partial charge on any atom is -0.391 e. The van der Waals surface area contributed by atoms with E-state index in [0.29, 0.717) is 11.8 Å².